The number of hydrogen-bond acceptors (Lipinski definition) is 3. The number of hydrogen-bond donors (Lipinski definition) is 0. The molecule has 0 aromatic rings. The maximum absolute atomic E-state index is 10.2. The third-order valence-electron chi connectivity index (χ3n) is 1.11. The Morgan fingerprint density at radius 3 is 2.88 bits per heavy atom. The summed E-state index contributed by atoms with van der Waals surface area (Å²) in [5.74, 6) is 0. The summed E-state index contributed by atoms with van der Waals surface area (Å²) < 4.78 is 9.14. The van der Waals surface area contributed by atoms with Gasteiger partial charge in [-0.2, -0.15) is 0 Å². The van der Waals surface area contributed by atoms with Crippen molar-refractivity contribution in [3.8, 4) is 0 Å². The normalized spacial score (nSPS) is 26.6. The lowest BCUT2D eigenvalue weighted by Gasteiger charge is -1.95. The quantitative estimate of drug-likeness (QED) is 0.354. The predicted octanol–water partition coefficient (Wildman–Crippen LogP) is -0.0361. The van der Waals surface area contributed by atoms with Crippen LogP contribution >= 0.6 is 0 Å². The highest BCUT2D eigenvalue weighted by Gasteiger charge is 2.22. The van der Waals surface area contributed by atoms with Gasteiger partial charge in [0.25, 0.3) is 0 Å². The van der Waals surface area contributed by atoms with Crippen LogP contribution in [0.15, 0.2) is 0 Å². The molecule has 0 radical (unpaired) electrons. The van der Waals surface area contributed by atoms with E-state index < -0.39 is 6.16 Å². The Morgan fingerprint density at radius 2 is 2.62 bits per heavy atom. The number of carbonyl (C=O) groups is 1. The van der Waals surface area contributed by atoms with Crippen LogP contribution in [0, 0.1) is 0 Å². The van der Waals surface area contributed by atoms with Gasteiger partial charge in [-0.3, -0.25) is 0 Å². The van der Waals surface area contributed by atoms with Gasteiger partial charge < -0.3 is 9.47 Å². The number of cyclic esters (lactones) is 2. The van der Waals surface area contributed by atoms with Crippen molar-refractivity contribution in [2.24, 2.45) is 0 Å². The molecule has 4 heteroatoms. The SMILES string of the molecule is CBC1COC(=O)O1. The molecule has 44 valence electrons. The van der Waals surface area contributed by atoms with Crippen molar-refractivity contribution in [2.45, 2.75) is 12.8 Å². The van der Waals surface area contributed by atoms with Crippen LogP contribution in [0.25, 0.3) is 0 Å². The van der Waals surface area contributed by atoms with Crippen molar-refractivity contribution in [3.05, 3.63) is 0 Å². The van der Waals surface area contributed by atoms with Gasteiger partial charge in [0.1, 0.15) is 12.6 Å². The minimum absolute atomic E-state index is 0.00231. The third kappa shape index (κ3) is 0.939. The fourth-order valence-corrected chi connectivity index (χ4v) is 0.566. The Labute approximate surface area is 48.2 Å². The van der Waals surface area contributed by atoms with Crippen LogP contribution in [-0.2, 0) is 9.47 Å². The minimum Gasteiger partial charge on any atom is -0.437 e. The smallest absolute Gasteiger partial charge is 0.437 e. The molecular weight excluding hydrogens is 107 g/mol. The highest BCUT2D eigenvalue weighted by atomic mass is 16.8. The first kappa shape index (κ1) is 5.47. The van der Waals surface area contributed by atoms with Crippen LogP contribution in [0.1, 0.15) is 0 Å². The summed E-state index contributed by atoms with van der Waals surface area (Å²) in [6.07, 6.45) is -0.531. The number of rotatable bonds is 1. The molecular formula is C4H7BO3. The maximum Gasteiger partial charge on any atom is 0.508 e. The highest BCUT2D eigenvalue weighted by molar-refractivity contribution is 6.35. The summed E-state index contributed by atoms with van der Waals surface area (Å²) in [5.41, 5.74) is 0. The second kappa shape index (κ2) is 2.07. The molecule has 1 atom stereocenters. The first-order valence-corrected chi connectivity index (χ1v) is 2.66. The summed E-state index contributed by atoms with van der Waals surface area (Å²) in [5, 5.41) is 0. The third-order valence-corrected chi connectivity index (χ3v) is 1.11. The molecule has 0 aromatic carbocycles. The van der Waals surface area contributed by atoms with Crippen molar-refractivity contribution in [1.29, 1.82) is 0 Å². The van der Waals surface area contributed by atoms with Crippen molar-refractivity contribution < 1.29 is 14.3 Å². The standard InChI is InChI=1S/C4H7BO3/c1-5-3-2-7-4(6)8-3/h3,5H,2H2,1H3. The fraction of sp³-hybridized carbons (Fsp3) is 0.750. The molecule has 0 aliphatic carbocycles. The molecule has 1 rings (SSSR count). The van der Waals surface area contributed by atoms with Crippen LogP contribution in [0.5, 0.6) is 0 Å². The lowest BCUT2D eigenvalue weighted by atomic mass is 9.75. The molecule has 1 fully saturated rings. The second-order valence-corrected chi connectivity index (χ2v) is 1.71. The average molecular weight is 114 g/mol. The van der Waals surface area contributed by atoms with Gasteiger partial charge in [-0.15, -0.1) is 0 Å². The van der Waals surface area contributed by atoms with E-state index in [1.165, 1.54) is 0 Å². The Kier molecular flexibility index (Phi) is 1.42. The van der Waals surface area contributed by atoms with E-state index in [-0.39, 0.29) is 6.00 Å². The van der Waals surface area contributed by atoms with Gasteiger partial charge in [0.05, 0.1) is 0 Å². The highest BCUT2D eigenvalue weighted by Crippen LogP contribution is 2.03. The Bertz CT molecular complexity index is 103. The molecule has 0 bridgehead atoms. The van der Waals surface area contributed by atoms with Crippen LogP contribution in [-0.4, -0.2) is 26.0 Å². The monoisotopic (exact) mass is 114 g/mol. The molecule has 0 saturated carbocycles. The molecule has 0 spiro atoms. The molecule has 1 heterocycles. The van der Waals surface area contributed by atoms with Gasteiger partial charge in [0.15, 0.2) is 7.28 Å². The van der Waals surface area contributed by atoms with Gasteiger partial charge in [0.2, 0.25) is 0 Å². The Balaban J connectivity index is 2.32. The topological polar surface area (TPSA) is 35.5 Å². The zero-order valence-electron chi connectivity index (χ0n) is 4.72. The lowest BCUT2D eigenvalue weighted by Crippen LogP contribution is -2.15. The van der Waals surface area contributed by atoms with Crippen molar-refractivity contribution in [2.75, 3.05) is 6.61 Å². The van der Waals surface area contributed by atoms with E-state index >= 15 is 0 Å². The molecule has 1 saturated heterocycles. The Morgan fingerprint density at radius 1 is 1.88 bits per heavy atom. The maximum atomic E-state index is 10.2. The largest absolute Gasteiger partial charge is 0.508 e. The van der Waals surface area contributed by atoms with Gasteiger partial charge in [0, 0.05) is 0 Å². The summed E-state index contributed by atoms with van der Waals surface area (Å²) in [6.45, 7) is 2.38. The predicted molar refractivity (Wildman–Crippen MR) is 29.2 cm³/mol. The lowest BCUT2D eigenvalue weighted by molar-refractivity contribution is 0.128. The summed E-state index contributed by atoms with van der Waals surface area (Å²) in [4.78, 5) is 10.2. The number of carbonyl (C=O) groups excluding carboxylic acids is 1. The van der Waals surface area contributed by atoms with Crippen molar-refractivity contribution in [1.82, 2.24) is 0 Å². The molecule has 0 amide bonds. The zero-order valence-corrected chi connectivity index (χ0v) is 4.72. The van der Waals surface area contributed by atoms with E-state index in [2.05, 4.69) is 9.47 Å². The van der Waals surface area contributed by atoms with Crippen molar-refractivity contribution >= 4 is 13.4 Å². The van der Waals surface area contributed by atoms with E-state index in [0.717, 1.165) is 7.28 Å². The summed E-state index contributed by atoms with van der Waals surface area (Å²) >= 11 is 0. The molecule has 1 unspecified atom stereocenters. The molecule has 0 aromatic heterocycles. The first-order valence-electron chi connectivity index (χ1n) is 2.66. The van der Waals surface area contributed by atoms with E-state index in [4.69, 9.17) is 0 Å². The molecule has 3 nitrogen and oxygen atoms in total. The van der Waals surface area contributed by atoms with Gasteiger partial charge in [-0.05, 0) is 0 Å². The summed E-state index contributed by atoms with van der Waals surface area (Å²) in [7, 11) is 0.839. The van der Waals surface area contributed by atoms with Gasteiger partial charge in [-0.1, -0.05) is 6.82 Å². The molecule has 1 aliphatic heterocycles. The number of ether oxygens (including phenoxy) is 2. The average Bonchev–Trinajstić information content (AvgIpc) is 2.14. The zero-order chi connectivity index (χ0) is 5.98. The van der Waals surface area contributed by atoms with Gasteiger partial charge in [-0.25, -0.2) is 4.79 Å². The van der Waals surface area contributed by atoms with Crippen LogP contribution in [0.2, 0.25) is 6.82 Å². The fourth-order valence-electron chi connectivity index (χ4n) is 0.566. The van der Waals surface area contributed by atoms with Crippen LogP contribution < -0.4 is 0 Å². The van der Waals surface area contributed by atoms with E-state index in [1.54, 1.807) is 0 Å². The first-order chi connectivity index (χ1) is 3.83. The van der Waals surface area contributed by atoms with Gasteiger partial charge >= 0.3 is 6.16 Å². The van der Waals surface area contributed by atoms with Crippen molar-refractivity contribution in [3.63, 3.8) is 0 Å². The summed E-state index contributed by atoms with van der Waals surface area (Å²) in [6, 6.07) is 0.00231. The molecule has 1 aliphatic rings. The molecule has 0 N–H and O–H groups in total. The molecule has 8 heavy (non-hydrogen) atoms. The van der Waals surface area contributed by atoms with E-state index in [1.807, 2.05) is 6.82 Å². The van der Waals surface area contributed by atoms with Crippen LogP contribution in [0.4, 0.5) is 4.79 Å². The Hall–Kier alpha value is -0.665. The minimum atomic E-state index is -0.531. The van der Waals surface area contributed by atoms with E-state index in [9.17, 15) is 4.79 Å². The van der Waals surface area contributed by atoms with Crippen LogP contribution in [0.3, 0.4) is 0 Å². The second-order valence-electron chi connectivity index (χ2n) is 1.71. The van der Waals surface area contributed by atoms with E-state index in [0.29, 0.717) is 6.61 Å².